The standard InChI is InChI=1S/C13H17ClO2/c1-12(6-7-12)13(2,15)9-4-5-10(14)11(8-9)16-3/h4-5,8,15H,6-7H2,1-3H3. The van der Waals surface area contributed by atoms with E-state index in [1.54, 1.807) is 13.2 Å². The third kappa shape index (κ3) is 1.70. The molecule has 1 aliphatic rings. The van der Waals surface area contributed by atoms with Crippen molar-refractivity contribution in [2.75, 3.05) is 7.11 Å². The van der Waals surface area contributed by atoms with E-state index in [0.29, 0.717) is 10.8 Å². The summed E-state index contributed by atoms with van der Waals surface area (Å²) in [5.74, 6) is 0.615. The second-order valence-corrected chi connectivity index (χ2v) is 5.39. The van der Waals surface area contributed by atoms with E-state index in [0.717, 1.165) is 18.4 Å². The Morgan fingerprint density at radius 1 is 1.44 bits per heavy atom. The highest BCUT2D eigenvalue weighted by atomic mass is 35.5. The van der Waals surface area contributed by atoms with Gasteiger partial charge >= 0.3 is 0 Å². The van der Waals surface area contributed by atoms with Crippen LogP contribution in [0.25, 0.3) is 0 Å². The summed E-state index contributed by atoms with van der Waals surface area (Å²) < 4.78 is 5.17. The highest BCUT2D eigenvalue weighted by Crippen LogP contribution is 2.58. The van der Waals surface area contributed by atoms with Crippen LogP contribution < -0.4 is 4.74 Å². The SMILES string of the molecule is COc1cc(C(C)(O)C2(C)CC2)ccc1Cl. The maximum absolute atomic E-state index is 10.6. The van der Waals surface area contributed by atoms with Crippen molar-refractivity contribution < 1.29 is 9.84 Å². The molecule has 1 fully saturated rings. The maximum atomic E-state index is 10.6. The average Bonchev–Trinajstić information content (AvgIpc) is 2.98. The number of halogens is 1. The Kier molecular flexibility index (Phi) is 2.67. The second-order valence-electron chi connectivity index (χ2n) is 4.98. The molecule has 0 bridgehead atoms. The van der Waals surface area contributed by atoms with Gasteiger partial charge in [-0.3, -0.25) is 0 Å². The summed E-state index contributed by atoms with van der Waals surface area (Å²) in [5.41, 5.74) is 0.0465. The van der Waals surface area contributed by atoms with Crippen LogP contribution in [0, 0.1) is 5.41 Å². The van der Waals surface area contributed by atoms with Crippen molar-refractivity contribution in [3.63, 3.8) is 0 Å². The Bertz CT molecular complexity index is 408. The molecule has 1 saturated carbocycles. The van der Waals surface area contributed by atoms with E-state index in [9.17, 15) is 5.11 Å². The van der Waals surface area contributed by atoms with Crippen molar-refractivity contribution >= 4 is 11.6 Å². The fourth-order valence-corrected chi connectivity index (χ4v) is 2.18. The predicted molar refractivity (Wildman–Crippen MR) is 64.9 cm³/mol. The topological polar surface area (TPSA) is 29.5 Å². The van der Waals surface area contributed by atoms with Crippen LogP contribution in [-0.4, -0.2) is 12.2 Å². The average molecular weight is 241 g/mol. The Balaban J connectivity index is 2.40. The Hall–Kier alpha value is -0.730. The van der Waals surface area contributed by atoms with Gasteiger partial charge in [0.15, 0.2) is 0 Å². The van der Waals surface area contributed by atoms with Gasteiger partial charge in [0.05, 0.1) is 17.7 Å². The van der Waals surface area contributed by atoms with Crippen LogP contribution in [0.5, 0.6) is 5.75 Å². The number of aliphatic hydroxyl groups is 1. The zero-order valence-corrected chi connectivity index (χ0v) is 10.6. The zero-order valence-electron chi connectivity index (χ0n) is 9.88. The molecule has 1 unspecified atom stereocenters. The number of rotatable bonds is 3. The molecule has 1 aromatic carbocycles. The largest absolute Gasteiger partial charge is 0.495 e. The lowest BCUT2D eigenvalue weighted by atomic mass is 9.81. The van der Waals surface area contributed by atoms with Crippen molar-refractivity contribution in [1.29, 1.82) is 0 Å². The van der Waals surface area contributed by atoms with E-state index < -0.39 is 5.60 Å². The molecule has 88 valence electrons. The normalized spacial score (nSPS) is 21.3. The molecule has 0 amide bonds. The van der Waals surface area contributed by atoms with Crippen LogP contribution in [0.4, 0.5) is 0 Å². The number of hydrogen-bond donors (Lipinski definition) is 1. The van der Waals surface area contributed by atoms with E-state index in [-0.39, 0.29) is 5.41 Å². The first-order chi connectivity index (χ1) is 7.40. The van der Waals surface area contributed by atoms with E-state index >= 15 is 0 Å². The predicted octanol–water partition coefficient (Wildman–Crippen LogP) is 3.36. The lowest BCUT2D eigenvalue weighted by Gasteiger charge is -2.31. The van der Waals surface area contributed by atoms with Gasteiger partial charge in [-0.1, -0.05) is 24.6 Å². The molecule has 0 radical (unpaired) electrons. The summed E-state index contributed by atoms with van der Waals surface area (Å²) in [6.45, 7) is 3.97. The molecular formula is C13H17ClO2. The number of methoxy groups -OCH3 is 1. The number of benzene rings is 1. The highest BCUT2D eigenvalue weighted by Gasteiger charge is 2.53. The van der Waals surface area contributed by atoms with Crippen LogP contribution in [-0.2, 0) is 5.60 Å². The minimum Gasteiger partial charge on any atom is -0.495 e. The van der Waals surface area contributed by atoms with Crippen molar-refractivity contribution in [2.45, 2.75) is 32.3 Å². The van der Waals surface area contributed by atoms with Crippen LogP contribution in [0.1, 0.15) is 32.3 Å². The first kappa shape index (κ1) is 11.7. The number of ether oxygens (including phenoxy) is 1. The van der Waals surface area contributed by atoms with Gasteiger partial charge in [-0.25, -0.2) is 0 Å². The molecule has 0 aliphatic heterocycles. The molecule has 0 aromatic heterocycles. The Morgan fingerprint density at radius 3 is 2.56 bits per heavy atom. The third-order valence-electron chi connectivity index (χ3n) is 3.89. The Labute approximate surface area is 101 Å². The van der Waals surface area contributed by atoms with Gasteiger partial charge in [0.25, 0.3) is 0 Å². The lowest BCUT2D eigenvalue weighted by Crippen LogP contribution is -2.31. The summed E-state index contributed by atoms with van der Waals surface area (Å²) in [5, 5.41) is 11.2. The molecule has 0 spiro atoms. The molecule has 1 aliphatic carbocycles. The van der Waals surface area contributed by atoms with Crippen LogP contribution >= 0.6 is 11.6 Å². The van der Waals surface area contributed by atoms with Gasteiger partial charge in [-0.15, -0.1) is 0 Å². The Morgan fingerprint density at radius 2 is 2.06 bits per heavy atom. The second kappa shape index (κ2) is 3.64. The summed E-state index contributed by atoms with van der Waals surface area (Å²) in [6, 6.07) is 5.47. The summed E-state index contributed by atoms with van der Waals surface area (Å²) >= 11 is 5.97. The van der Waals surface area contributed by atoms with E-state index in [1.165, 1.54) is 0 Å². The minimum atomic E-state index is -0.815. The highest BCUT2D eigenvalue weighted by molar-refractivity contribution is 6.32. The van der Waals surface area contributed by atoms with Gasteiger partial charge in [0, 0.05) is 5.41 Å². The molecule has 2 nitrogen and oxygen atoms in total. The van der Waals surface area contributed by atoms with Crippen LogP contribution in [0.2, 0.25) is 5.02 Å². The lowest BCUT2D eigenvalue weighted by molar-refractivity contribution is -0.0128. The fourth-order valence-electron chi connectivity index (χ4n) is 1.99. The molecule has 1 N–H and O–H groups in total. The van der Waals surface area contributed by atoms with Crippen LogP contribution in [0.15, 0.2) is 18.2 Å². The minimum absolute atomic E-state index is 0.00809. The first-order valence-electron chi connectivity index (χ1n) is 5.47. The van der Waals surface area contributed by atoms with E-state index in [1.807, 2.05) is 19.1 Å². The molecule has 16 heavy (non-hydrogen) atoms. The van der Waals surface area contributed by atoms with Gasteiger partial charge in [0.2, 0.25) is 0 Å². The summed E-state index contributed by atoms with van der Waals surface area (Å²) in [6.07, 6.45) is 2.12. The van der Waals surface area contributed by atoms with Gasteiger partial charge < -0.3 is 9.84 Å². The van der Waals surface area contributed by atoms with Crippen molar-refractivity contribution in [3.8, 4) is 5.75 Å². The molecule has 1 atom stereocenters. The quantitative estimate of drug-likeness (QED) is 0.878. The fraction of sp³-hybridized carbons (Fsp3) is 0.538. The first-order valence-corrected chi connectivity index (χ1v) is 5.85. The number of hydrogen-bond acceptors (Lipinski definition) is 2. The van der Waals surface area contributed by atoms with Crippen LogP contribution in [0.3, 0.4) is 0 Å². The van der Waals surface area contributed by atoms with Gasteiger partial charge in [-0.05, 0) is 37.5 Å². The smallest absolute Gasteiger partial charge is 0.137 e. The van der Waals surface area contributed by atoms with Crippen molar-refractivity contribution in [1.82, 2.24) is 0 Å². The van der Waals surface area contributed by atoms with E-state index in [4.69, 9.17) is 16.3 Å². The molecule has 1 aromatic rings. The third-order valence-corrected chi connectivity index (χ3v) is 4.20. The molecule has 0 heterocycles. The van der Waals surface area contributed by atoms with Gasteiger partial charge in [0.1, 0.15) is 5.75 Å². The molecular weight excluding hydrogens is 224 g/mol. The monoisotopic (exact) mass is 240 g/mol. The van der Waals surface area contributed by atoms with Gasteiger partial charge in [-0.2, -0.15) is 0 Å². The molecule has 2 rings (SSSR count). The molecule has 3 heteroatoms. The summed E-state index contributed by atoms with van der Waals surface area (Å²) in [4.78, 5) is 0. The van der Waals surface area contributed by atoms with Crippen molar-refractivity contribution in [3.05, 3.63) is 28.8 Å². The maximum Gasteiger partial charge on any atom is 0.137 e. The summed E-state index contributed by atoms with van der Waals surface area (Å²) in [7, 11) is 1.58. The zero-order chi connectivity index (χ0) is 12.0. The van der Waals surface area contributed by atoms with Crippen molar-refractivity contribution in [2.24, 2.45) is 5.41 Å². The molecule has 0 saturated heterocycles. The van der Waals surface area contributed by atoms with E-state index in [2.05, 4.69) is 6.92 Å².